The van der Waals surface area contributed by atoms with Crippen LogP contribution in [0.5, 0.6) is 11.9 Å². The van der Waals surface area contributed by atoms with Gasteiger partial charge in [-0.15, -0.1) is 0 Å². The normalized spacial score (nSPS) is 28.5. The second kappa shape index (κ2) is 9.42. The van der Waals surface area contributed by atoms with Crippen LogP contribution in [-0.2, 0) is 6.18 Å². The number of alkyl halides is 5. The van der Waals surface area contributed by atoms with Gasteiger partial charge in [0.05, 0.1) is 29.3 Å². The summed E-state index contributed by atoms with van der Waals surface area (Å²) in [6, 6.07) is -0.252. The lowest BCUT2D eigenvalue weighted by molar-refractivity contribution is -0.137. The minimum Gasteiger partial charge on any atom is -0.472 e. The van der Waals surface area contributed by atoms with E-state index in [1.165, 1.54) is 0 Å². The minimum absolute atomic E-state index is 0.0387. The Morgan fingerprint density at radius 1 is 1.18 bits per heavy atom. The van der Waals surface area contributed by atoms with Gasteiger partial charge >= 0.3 is 12.2 Å². The number of hydrogen-bond acceptors (Lipinski definition) is 9. The molecule has 236 valence electrons. The summed E-state index contributed by atoms with van der Waals surface area (Å²) in [6.45, 7) is 1.46. The van der Waals surface area contributed by atoms with E-state index in [0.717, 1.165) is 19.8 Å². The fraction of sp³-hybridized carbons (Fsp3) is 0.536. The summed E-state index contributed by atoms with van der Waals surface area (Å²) >= 11 is 0. The zero-order chi connectivity index (χ0) is 31.5. The summed E-state index contributed by atoms with van der Waals surface area (Å²) in [5, 5.41) is 13.1. The number of pyridine rings is 1. The van der Waals surface area contributed by atoms with Crippen molar-refractivity contribution in [2.24, 2.45) is 5.41 Å². The van der Waals surface area contributed by atoms with Crippen LogP contribution >= 0.6 is 0 Å². The SMILES string of the molecule is Cc1c(F)c(N)cc(-c2nc3c4c(nc(OCC5(CO)CC5(F)F)nc4c2F)N2C[C@H]4CC[C@H](N4)[C@H]2[C@H](C)O3)c1C(F)(F)F. The first kappa shape index (κ1) is 29.1. The van der Waals surface area contributed by atoms with Crippen LogP contribution in [0.2, 0.25) is 0 Å². The highest BCUT2D eigenvalue weighted by Crippen LogP contribution is 2.60. The number of nitrogen functional groups attached to an aromatic ring is 1. The molecule has 5 atom stereocenters. The van der Waals surface area contributed by atoms with E-state index in [9.17, 15) is 31.4 Å². The summed E-state index contributed by atoms with van der Waals surface area (Å²) in [5.74, 6) is -5.96. The van der Waals surface area contributed by atoms with Crippen molar-refractivity contribution in [2.75, 3.05) is 30.4 Å². The molecule has 1 unspecified atom stereocenters. The van der Waals surface area contributed by atoms with Crippen molar-refractivity contribution in [2.45, 2.75) is 69.4 Å². The van der Waals surface area contributed by atoms with Gasteiger partial charge in [-0.3, -0.25) is 0 Å². The van der Waals surface area contributed by atoms with Gasteiger partial charge in [0.2, 0.25) is 5.88 Å². The third-order valence-corrected chi connectivity index (χ3v) is 9.29. The van der Waals surface area contributed by atoms with E-state index in [2.05, 4.69) is 20.3 Å². The van der Waals surface area contributed by atoms with E-state index in [1.54, 1.807) is 6.92 Å². The Labute approximate surface area is 245 Å². The number of nitrogens with zero attached hydrogens (tertiary/aromatic N) is 4. The molecule has 1 aliphatic carbocycles. The number of rotatable bonds is 5. The van der Waals surface area contributed by atoms with E-state index in [4.69, 9.17) is 15.2 Å². The van der Waals surface area contributed by atoms with Gasteiger partial charge in [-0.2, -0.15) is 23.1 Å². The number of nitrogens with two attached hydrogens (primary N) is 1. The van der Waals surface area contributed by atoms with Crippen molar-refractivity contribution in [1.82, 2.24) is 20.3 Å². The Hall–Kier alpha value is -3.66. The van der Waals surface area contributed by atoms with Crippen LogP contribution in [0.1, 0.15) is 37.3 Å². The second-order valence-electron chi connectivity index (χ2n) is 12.1. The van der Waals surface area contributed by atoms with Crippen LogP contribution in [0.3, 0.4) is 0 Å². The summed E-state index contributed by atoms with van der Waals surface area (Å²) in [6.07, 6.45) is -4.74. The Morgan fingerprint density at radius 3 is 2.57 bits per heavy atom. The quantitative estimate of drug-likeness (QED) is 0.280. The van der Waals surface area contributed by atoms with Gasteiger partial charge in [0, 0.05) is 30.6 Å². The van der Waals surface area contributed by atoms with E-state index in [0.29, 0.717) is 12.6 Å². The van der Waals surface area contributed by atoms with E-state index in [1.807, 2.05) is 4.90 Å². The predicted molar refractivity (Wildman–Crippen MR) is 143 cm³/mol. The Kier molecular flexibility index (Phi) is 6.23. The molecular weight excluding hydrogens is 601 g/mol. The molecule has 5 heterocycles. The van der Waals surface area contributed by atoms with Gasteiger partial charge in [0.15, 0.2) is 5.82 Å². The summed E-state index contributed by atoms with van der Waals surface area (Å²) in [5.41, 5.74) is -1.38. The number of aliphatic hydroxyl groups excluding tert-OH is 1. The van der Waals surface area contributed by atoms with Crippen molar-refractivity contribution in [3.8, 4) is 23.1 Å². The highest BCUT2D eigenvalue weighted by atomic mass is 19.4. The van der Waals surface area contributed by atoms with Gasteiger partial charge in [0.25, 0.3) is 5.92 Å². The van der Waals surface area contributed by atoms with Crippen LogP contribution < -0.4 is 25.4 Å². The maximum absolute atomic E-state index is 16.5. The van der Waals surface area contributed by atoms with E-state index >= 15 is 4.39 Å². The monoisotopic (exact) mass is 628 g/mol. The highest BCUT2D eigenvalue weighted by molar-refractivity contribution is 5.97. The number of aromatic nitrogens is 3. The van der Waals surface area contributed by atoms with Gasteiger partial charge in [-0.1, -0.05) is 0 Å². The van der Waals surface area contributed by atoms with Crippen LogP contribution in [-0.4, -0.2) is 70.0 Å². The standard InChI is InChI=1S/C28H27F7N6O3/c1-10-17(28(33,34)35)13(5-14(36)18(10)29)20-19(30)21-16-23(40-25(39-21)43-9-26(8-42)7-27(26,31)32)41-6-12-3-4-15(37-12)22(41)11(2)44-24(16)38-20/h5,11-12,15,22,37,42H,3-4,6-9,36H2,1-2H3/t11-,12+,15-,22+,26?/m0/s1. The van der Waals surface area contributed by atoms with Crippen LogP contribution in [0.4, 0.5) is 42.2 Å². The number of hydrogen-bond donors (Lipinski definition) is 3. The largest absolute Gasteiger partial charge is 0.472 e. The number of nitrogens with one attached hydrogen (secondary N) is 1. The molecule has 3 fully saturated rings. The molecule has 1 saturated carbocycles. The first-order chi connectivity index (χ1) is 20.7. The maximum Gasteiger partial charge on any atom is 0.417 e. The average molecular weight is 629 g/mol. The van der Waals surface area contributed by atoms with E-state index in [-0.39, 0.29) is 35.2 Å². The van der Waals surface area contributed by atoms with Gasteiger partial charge in [-0.05, 0) is 38.3 Å². The highest BCUT2D eigenvalue weighted by Gasteiger charge is 2.71. The third kappa shape index (κ3) is 4.16. The van der Waals surface area contributed by atoms with Crippen molar-refractivity contribution in [1.29, 1.82) is 0 Å². The number of ether oxygens (including phenoxy) is 2. The molecule has 16 heteroatoms. The summed E-state index contributed by atoms with van der Waals surface area (Å²) < 4.78 is 114. The first-order valence-electron chi connectivity index (χ1n) is 14.0. The molecule has 2 bridgehead atoms. The molecule has 2 aromatic heterocycles. The van der Waals surface area contributed by atoms with E-state index < -0.39 is 94.5 Å². The maximum atomic E-state index is 16.5. The molecule has 9 nitrogen and oxygen atoms in total. The molecule has 0 amide bonds. The number of fused-ring (bicyclic) bond motifs is 5. The Balaban J connectivity index is 1.47. The Morgan fingerprint density at radius 2 is 1.91 bits per heavy atom. The predicted octanol–water partition coefficient (Wildman–Crippen LogP) is 4.37. The van der Waals surface area contributed by atoms with Crippen molar-refractivity contribution in [3.05, 3.63) is 28.8 Å². The molecular formula is C28H27F7N6O3. The lowest BCUT2D eigenvalue weighted by atomic mass is 9.96. The molecule has 44 heavy (non-hydrogen) atoms. The van der Waals surface area contributed by atoms with Gasteiger partial charge in [0.1, 0.15) is 40.9 Å². The minimum atomic E-state index is -5.12. The number of anilines is 2. The van der Waals surface area contributed by atoms with Crippen molar-refractivity contribution in [3.63, 3.8) is 0 Å². The molecule has 4 aliphatic rings. The van der Waals surface area contributed by atoms with Gasteiger partial charge in [-0.25, -0.2) is 22.5 Å². The van der Waals surface area contributed by atoms with Crippen LogP contribution in [0.15, 0.2) is 6.07 Å². The molecule has 3 aromatic rings. The lowest BCUT2D eigenvalue weighted by Crippen LogP contribution is -2.62. The second-order valence-corrected chi connectivity index (χ2v) is 12.1. The van der Waals surface area contributed by atoms with Crippen molar-refractivity contribution < 1.29 is 45.3 Å². The van der Waals surface area contributed by atoms with Crippen LogP contribution in [0, 0.1) is 24.0 Å². The zero-order valence-electron chi connectivity index (χ0n) is 23.4. The molecule has 0 spiro atoms. The first-order valence-corrected chi connectivity index (χ1v) is 14.0. The summed E-state index contributed by atoms with van der Waals surface area (Å²) in [4.78, 5) is 14.6. The number of piperazine rings is 1. The fourth-order valence-corrected chi connectivity index (χ4v) is 6.86. The topological polar surface area (TPSA) is 119 Å². The fourth-order valence-electron chi connectivity index (χ4n) is 6.86. The Bertz CT molecular complexity index is 1710. The molecule has 4 N–H and O–H groups in total. The number of halogens is 7. The molecule has 0 radical (unpaired) electrons. The zero-order valence-corrected chi connectivity index (χ0v) is 23.4. The lowest BCUT2D eigenvalue weighted by Gasteiger charge is -2.42. The smallest absolute Gasteiger partial charge is 0.417 e. The number of benzene rings is 1. The average Bonchev–Trinajstić information content (AvgIpc) is 3.37. The molecule has 1 aromatic carbocycles. The molecule has 2 saturated heterocycles. The van der Waals surface area contributed by atoms with Gasteiger partial charge < -0.3 is 30.5 Å². The van der Waals surface area contributed by atoms with Crippen molar-refractivity contribution >= 4 is 22.4 Å². The third-order valence-electron chi connectivity index (χ3n) is 9.29. The molecule has 3 aliphatic heterocycles. The number of aliphatic hydroxyl groups is 1. The van der Waals surface area contributed by atoms with Crippen LogP contribution in [0.25, 0.3) is 22.2 Å². The molecule has 7 rings (SSSR count). The summed E-state index contributed by atoms with van der Waals surface area (Å²) in [7, 11) is 0.